The fourth-order valence-electron chi connectivity index (χ4n) is 8.19. The summed E-state index contributed by atoms with van der Waals surface area (Å²) in [5.74, 6) is -0.780. The Balaban J connectivity index is 2.90. The fraction of sp³-hybridized carbons (Fsp3) is 0.943. The van der Waals surface area contributed by atoms with Crippen LogP contribution >= 0.6 is 0 Å². The minimum atomic E-state index is -0.655. The van der Waals surface area contributed by atoms with Crippen LogP contribution in [0.25, 0.3) is 0 Å². The van der Waals surface area contributed by atoms with Crippen LogP contribution in [0.5, 0.6) is 0 Å². The smallest absolute Gasteiger partial charge is 0.410 e. The molecule has 0 bridgehead atoms. The molecule has 65 heavy (non-hydrogen) atoms. The molecule has 0 radical (unpaired) electrons. The van der Waals surface area contributed by atoms with Gasteiger partial charge in [-0.2, -0.15) is 0 Å². The van der Waals surface area contributed by atoms with E-state index in [0.29, 0.717) is 52.1 Å². The van der Waals surface area contributed by atoms with Gasteiger partial charge in [-0.15, -0.1) is 0 Å². The van der Waals surface area contributed by atoms with Crippen molar-refractivity contribution in [3.63, 3.8) is 0 Å². The first-order chi connectivity index (χ1) is 31.8. The zero-order valence-corrected chi connectivity index (χ0v) is 43.1. The largest absolute Gasteiger partial charge is 0.460 e. The topological polar surface area (TPSA) is 122 Å². The summed E-state index contributed by atoms with van der Waals surface area (Å²) in [6.45, 7) is 18.8. The van der Waals surface area contributed by atoms with Crippen LogP contribution in [0.2, 0.25) is 0 Å². The quantitative estimate of drug-likeness (QED) is 0.0251. The number of carbonyl (C=O) groups excluding carboxylic acids is 3. The lowest BCUT2D eigenvalue weighted by molar-refractivity contribution is -0.170. The van der Waals surface area contributed by atoms with E-state index in [1.54, 1.807) is 0 Å². The van der Waals surface area contributed by atoms with Gasteiger partial charge in [0.2, 0.25) is 0 Å². The minimum absolute atomic E-state index is 0.118. The van der Waals surface area contributed by atoms with Crippen molar-refractivity contribution in [1.82, 2.24) is 9.80 Å². The molecule has 0 aromatic heterocycles. The van der Waals surface area contributed by atoms with Crippen molar-refractivity contribution in [2.24, 2.45) is 0 Å². The van der Waals surface area contributed by atoms with E-state index < -0.39 is 42.8 Å². The number of nitrogens with zero attached hydrogens (tertiary/aromatic N) is 2. The van der Waals surface area contributed by atoms with E-state index in [1.165, 1.54) is 108 Å². The molecule has 1 saturated heterocycles. The Morgan fingerprint density at radius 3 is 1.14 bits per heavy atom. The first-order valence-corrected chi connectivity index (χ1v) is 27.3. The number of rotatable bonds is 46. The number of carbonyl (C=O) groups is 3. The van der Waals surface area contributed by atoms with Crippen molar-refractivity contribution < 1.29 is 47.5 Å². The predicted molar refractivity (Wildman–Crippen MR) is 263 cm³/mol. The maximum absolute atomic E-state index is 13.4. The highest BCUT2D eigenvalue weighted by Gasteiger charge is 2.35. The lowest BCUT2D eigenvalue weighted by Crippen LogP contribution is -2.51. The lowest BCUT2D eigenvalue weighted by atomic mass is 10.1. The van der Waals surface area contributed by atoms with Crippen molar-refractivity contribution in [2.75, 3.05) is 65.8 Å². The van der Waals surface area contributed by atoms with Gasteiger partial charge in [0.1, 0.15) is 12.2 Å². The van der Waals surface area contributed by atoms with Gasteiger partial charge >= 0.3 is 18.0 Å². The zero-order valence-electron chi connectivity index (χ0n) is 43.1. The number of hydrogen-bond donors (Lipinski definition) is 0. The van der Waals surface area contributed by atoms with Crippen LogP contribution in [0.15, 0.2) is 0 Å². The van der Waals surface area contributed by atoms with E-state index in [1.807, 2.05) is 0 Å². The molecule has 0 aromatic rings. The molecular formula is C53H102N2O10. The summed E-state index contributed by atoms with van der Waals surface area (Å²) in [6, 6.07) is 0. The van der Waals surface area contributed by atoms with Crippen LogP contribution in [-0.4, -0.2) is 118 Å². The van der Waals surface area contributed by atoms with Gasteiger partial charge in [-0.1, -0.05) is 170 Å². The second kappa shape index (κ2) is 44.5. The Morgan fingerprint density at radius 2 is 0.800 bits per heavy atom. The highest BCUT2D eigenvalue weighted by atomic mass is 16.7. The fourth-order valence-corrected chi connectivity index (χ4v) is 8.19. The molecule has 0 aromatic carbocycles. The van der Waals surface area contributed by atoms with Crippen LogP contribution in [0.4, 0.5) is 4.79 Å². The second-order valence-corrected chi connectivity index (χ2v) is 18.3. The SMILES string of the molecule is CCCCCCCCOC(CCC(=O)OC1C[C@H](OC(=O)CCC(OCCCCCCCC)OCCCCCCCC)CN(C(=O)OCCCN(CC)CC)C1)OCCCCCCCC. The molecule has 0 N–H and O–H groups in total. The molecule has 0 spiro atoms. The Labute approximate surface area is 399 Å². The number of likely N-dealkylation sites (tertiary alicyclic amines) is 1. The average molecular weight is 927 g/mol. The summed E-state index contributed by atoms with van der Waals surface area (Å²) in [5, 5.41) is 0. The molecule has 0 aliphatic carbocycles. The Morgan fingerprint density at radius 1 is 0.462 bits per heavy atom. The van der Waals surface area contributed by atoms with E-state index in [2.05, 4.69) is 46.4 Å². The molecule has 384 valence electrons. The van der Waals surface area contributed by atoms with Gasteiger partial charge < -0.3 is 43.0 Å². The van der Waals surface area contributed by atoms with Gasteiger partial charge in [-0.25, -0.2) is 4.79 Å². The van der Waals surface area contributed by atoms with E-state index in [9.17, 15) is 14.4 Å². The number of amides is 1. The van der Waals surface area contributed by atoms with E-state index in [0.717, 1.165) is 71.0 Å². The summed E-state index contributed by atoms with van der Waals surface area (Å²) in [4.78, 5) is 44.1. The maximum Gasteiger partial charge on any atom is 0.410 e. The first kappa shape index (κ1) is 61.0. The first-order valence-electron chi connectivity index (χ1n) is 27.3. The molecule has 2 atom stereocenters. The zero-order chi connectivity index (χ0) is 47.4. The van der Waals surface area contributed by atoms with E-state index in [4.69, 9.17) is 33.2 Å². The Hall–Kier alpha value is -1.99. The van der Waals surface area contributed by atoms with E-state index >= 15 is 0 Å². The molecule has 0 saturated carbocycles. The molecule has 1 unspecified atom stereocenters. The van der Waals surface area contributed by atoms with Crippen LogP contribution in [0.3, 0.4) is 0 Å². The van der Waals surface area contributed by atoms with Gasteiger partial charge in [-0.05, 0) is 45.2 Å². The average Bonchev–Trinajstić information content (AvgIpc) is 3.30. The molecule has 12 heteroatoms. The molecule has 12 nitrogen and oxygen atoms in total. The molecule has 1 aliphatic heterocycles. The standard InChI is InChI=1S/C53H102N2O10/c1-7-13-17-21-25-29-39-59-51(60-40-30-26-22-18-14-8-2)36-34-49(56)64-47-44-48(46-55(45-47)53(58)63-43-33-38-54(11-5)12-6)65-50(57)35-37-52(61-41-31-27-23-19-15-9-3)62-42-32-28-24-20-16-10-4/h47-48,51-52H,7-46H2,1-6H3/t47-,48?/m0/s1. The Bertz CT molecular complexity index is 993. The molecular weight excluding hydrogens is 825 g/mol. The van der Waals surface area contributed by atoms with Crippen LogP contribution in [0, 0.1) is 0 Å². The number of ether oxygens (including phenoxy) is 7. The third-order valence-electron chi connectivity index (χ3n) is 12.3. The molecule has 1 fully saturated rings. The summed E-state index contributed by atoms with van der Waals surface area (Å²) in [7, 11) is 0. The van der Waals surface area contributed by atoms with Gasteiger partial charge in [0.25, 0.3) is 0 Å². The summed E-state index contributed by atoms with van der Waals surface area (Å²) in [6.07, 6.45) is 27.3. The third-order valence-corrected chi connectivity index (χ3v) is 12.3. The normalized spacial score (nSPS) is 15.4. The van der Waals surface area contributed by atoms with Crippen LogP contribution in [-0.2, 0) is 42.7 Å². The van der Waals surface area contributed by atoms with Crippen molar-refractivity contribution in [2.45, 2.75) is 259 Å². The maximum atomic E-state index is 13.4. The van der Waals surface area contributed by atoms with E-state index in [-0.39, 0.29) is 32.5 Å². The van der Waals surface area contributed by atoms with Gasteiger partial charge in [-0.3, -0.25) is 9.59 Å². The van der Waals surface area contributed by atoms with Crippen molar-refractivity contribution >= 4 is 18.0 Å². The highest BCUT2D eigenvalue weighted by Crippen LogP contribution is 2.21. The summed E-state index contributed by atoms with van der Waals surface area (Å²) < 4.78 is 42.4. The number of unbranched alkanes of at least 4 members (excludes halogenated alkanes) is 20. The van der Waals surface area contributed by atoms with Crippen LogP contribution in [0.1, 0.15) is 234 Å². The highest BCUT2D eigenvalue weighted by molar-refractivity contribution is 5.71. The van der Waals surface area contributed by atoms with Gasteiger partial charge in [0.05, 0.1) is 32.5 Å². The molecule has 1 heterocycles. The number of piperidine rings is 1. The lowest BCUT2D eigenvalue weighted by Gasteiger charge is -2.36. The monoisotopic (exact) mass is 927 g/mol. The summed E-state index contributed by atoms with van der Waals surface area (Å²) >= 11 is 0. The van der Waals surface area contributed by atoms with Crippen molar-refractivity contribution in [3.05, 3.63) is 0 Å². The van der Waals surface area contributed by atoms with Gasteiger partial charge in [0.15, 0.2) is 12.6 Å². The number of esters is 2. The Kier molecular flexibility index (Phi) is 41.8. The molecule has 1 aliphatic rings. The van der Waals surface area contributed by atoms with Crippen LogP contribution < -0.4 is 0 Å². The molecule has 1 amide bonds. The van der Waals surface area contributed by atoms with Gasteiger partial charge in [0, 0.05) is 52.2 Å². The summed E-state index contributed by atoms with van der Waals surface area (Å²) in [5.41, 5.74) is 0. The third kappa shape index (κ3) is 35.8. The molecule has 1 rings (SSSR count). The van der Waals surface area contributed by atoms with Crippen molar-refractivity contribution in [3.8, 4) is 0 Å². The second-order valence-electron chi connectivity index (χ2n) is 18.3. The number of hydrogen-bond acceptors (Lipinski definition) is 11. The van der Waals surface area contributed by atoms with Crippen molar-refractivity contribution in [1.29, 1.82) is 0 Å². The predicted octanol–water partition coefficient (Wildman–Crippen LogP) is 13.1. The minimum Gasteiger partial charge on any atom is -0.460 e.